The van der Waals surface area contributed by atoms with Crippen LogP contribution in [-0.4, -0.2) is 33.8 Å². The number of aromatic nitrogens is 2. The van der Waals surface area contributed by atoms with E-state index in [9.17, 15) is 13.6 Å². The molecule has 8 heteroatoms. The van der Waals surface area contributed by atoms with E-state index in [2.05, 4.69) is 9.97 Å². The fourth-order valence-corrected chi connectivity index (χ4v) is 3.03. The van der Waals surface area contributed by atoms with Crippen LogP contribution in [0, 0.1) is 6.92 Å². The Balaban J connectivity index is 1.80. The van der Waals surface area contributed by atoms with Gasteiger partial charge in [0.1, 0.15) is 5.15 Å². The summed E-state index contributed by atoms with van der Waals surface area (Å²) in [5.74, 6) is 0.0435. The Labute approximate surface area is 148 Å². The summed E-state index contributed by atoms with van der Waals surface area (Å²) in [6, 6.07) is 3.18. The Kier molecular flexibility index (Phi) is 4.85. The molecule has 5 nitrogen and oxygen atoms in total. The fraction of sp³-hybridized carbons (Fsp3) is 0.353. The number of hydrogen-bond acceptors (Lipinski definition) is 4. The van der Waals surface area contributed by atoms with Gasteiger partial charge < -0.3 is 9.64 Å². The van der Waals surface area contributed by atoms with Gasteiger partial charge in [-0.1, -0.05) is 11.6 Å². The molecule has 0 saturated carbocycles. The Morgan fingerprint density at radius 2 is 2.16 bits per heavy atom. The van der Waals surface area contributed by atoms with Crippen molar-refractivity contribution in [2.75, 3.05) is 6.61 Å². The Morgan fingerprint density at radius 1 is 1.40 bits per heavy atom. The minimum absolute atomic E-state index is 0.123. The summed E-state index contributed by atoms with van der Waals surface area (Å²) in [5.41, 5.74) is 2.68. The van der Waals surface area contributed by atoms with E-state index in [4.69, 9.17) is 16.3 Å². The smallest absolute Gasteiger partial charge is 0.272 e. The summed E-state index contributed by atoms with van der Waals surface area (Å²) in [7, 11) is 0. The van der Waals surface area contributed by atoms with Crippen LogP contribution >= 0.6 is 11.6 Å². The maximum absolute atomic E-state index is 12.6. The van der Waals surface area contributed by atoms with E-state index in [0.717, 1.165) is 5.56 Å². The van der Waals surface area contributed by atoms with Gasteiger partial charge in [-0.15, -0.1) is 0 Å². The highest BCUT2D eigenvalue weighted by atomic mass is 35.5. The molecule has 0 fully saturated rings. The molecule has 0 N–H and O–H groups in total. The molecule has 0 saturated heterocycles. The van der Waals surface area contributed by atoms with Gasteiger partial charge in [-0.3, -0.25) is 4.79 Å². The van der Waals surface area contributed by atoms with Crippen LogP contribution in [0.15, 0.2) is 24.5 Å². The van der Waals surface area contributed by atoms with Crippen molar-refractivity contribution >= 4 is 17.5 Å². The minimum Gasteiger partial charge on any atom is -0.471 e. The van der Waals surface area contributed by atoms with Crippen molar-refractivity contribution in [3.05, 3.63) is 51.9 Å². The first-order valence-electron chi connectivity index (χ1n) is 7.70. The summed E-state index contributed by atoms with van der Waals surface area (Å²) >= 11 is 6.08. The second-order valence-electron chi connectivity index (χ2n) is 5.83. The van der Waals surface area contributed by atoms with E-state index in [1.807, 2.05) is 6.92 Å². The van der Waals surface area contributed by atoms with Crippen molar-refractivity contribution in [2.45, 2.75) is 32.9 Å². The Morgan fingerprint density at radius 3 is 2.80 bits per heavy atom. The highest BCUT2D eigenvalue weighted by Crippen LogP contribution is 2.34. The third kappa shape index (κ3) is 3.42. The highest BCUT2D eigenvalue weighted by Gasteiger charge is 2.33. The van der Waals surface area contributed by atoms with E-state index in [0.29, 0.717) is 28.4 Å². The van der Waals surface area contributed by atoms with E-state index in [1.54, 1.807) is 24.0 Å². The predicted molar refractivity (Wildman–Crippen MR) is 88.0 cm³/mol. The minimum atomic E-state index is -2.56. The number of aryl methyl sites for hydroxylation is 1. The molecule has 132 valence electrons. The van der Waals surface area contributed by atoms with E-state index in [1.165, 1.54) is 12.4 Å². The van der Waals surface area contributed by atoms with Gasteiger partial charge in [-0.05, 0) is 31.5 Å². The predicted octanol–water partition coefficient (Wildman–Crippen LogP) is 3.80. The molecule has 25 heavy (non-hydrogen) atoms. The standard InChI is InChI=1S/C17H16ClF2N3O2/c1-9-5-11(6-22-16(9)25-8-14(19)20)10(2)23-7-13-12(17(23)24)3-4-21-15(13)18/h3-6,10,14H,7-8H2,1-2H3. The largest absolute Gasteiger partial charge is 0.471 e. The zero-order valence-electron chi connectivity index (χ0n) is 13.7. The second-order valence-corrected chi connectivity index (χ2v) is 6.19. The number of halogens is 3. The molecule has 0 aliphatic carbocycles. The number of fused-ring (bicyclic) bond motifs is 1. The third-order valence-corrected chi connectivity index (χ3v) is 4.50. The van der Waals surface area contributed by atoms with Crippen molar-refractivity contribution in [2.24, 2.45) is 0 Å². The van der Waals surface area contributed by atoms with Gasteiger partial charge in [-0.2, -0.15) is 0 Å². The zero-order chi connectivity index (χ0) is 18.1. The number of hydrogen-bond donors (Lipinski definition) is 0. The molecule has 0 aromatic carbocycles. The quantitative estimate of drug-likeness (QED) is 0.754. The molecule has 1 unspecified atom stereocenters. The summed E-state index contributed by atoms with van der Waals surface area (Å²) in [6.07, 6.45) is 0.488. The highest BCUT2D eigenvalue weighted by molar-refractivity contribution is 6.30. The van der Waals surface area contributed by atoms with E-state index in [-0.39, 0.29) is 17.8 Å². The van der Waals surface area contributed by atoms with Gasteiger partial charge in [0.25, 0.3) is 12.3 Å². The van der Waals surface area contributed by atoms with Crippen LogP contribution in [0.2, 0.25) is 5.15 Å². The molecule has 0 radical (unpaired) electrons. The third-order valence-electron chi connectivity index (χ3n) is 4.17. The number of amides is 1. The molecular formula is C17H16ClF2N3O2. The average molecular weight is 368 g/mol. The topological polar surface area (TPSA) is 55.3 Å². The lowest BCUT2D eigenvalue weighted by atomic mass is 10.1. The van der Waals surface area contributed by atoms with Gasteiger partial charge in [0, 0.05) is 29.1 Å². The number of carbonyl (C=O) groups is 1. The van der Waals surface area contributed by atoms with Crippen molar-refractivity contribution in [1.29, 1.82) is 0 Å². The molecule has 1 aliphatic heterocycles. The molecule has 1 atom stereocenters. The molecule has 1 aliphatic rings. The summed E-state index contributed by atoms with van der Waals surface area (Å²) < 4.78 is 29.5. The van der Waals surface area contributed by atoms with Crippen LogP contribution in [0.1, 0.15) is 40.0 Å². The Hall–Kier alpha value is -2.28. The van der Waals surface area contributed by atoms with Crippen LogP contribution in [0.4, 0.5) is 8.78 Å². The number of carbonyl (C=O) groups excluding carboxylic acids is 1. The fourth-order valence-electron chi connectivity index (χ4n) is 2.81. The lowest BCUT2D eigenvalue weighted by Gasteiger charge is -2.25. The summed E-state index contributed by atoms with van der Waals surface area (Å²) in [4.78, 5) is 22.4. The summed E-state index contributed by atoms with van der Waals surface area (Å²) in [6.45, 7) is 3.27. The van der Waals surface area contributed by atoms with Crippen LogP contribution in [0.25, 0.3) is 0 Å². The first-order chi connectivity index (χ1) is 11.9. The average Bonchev–Trinajstić information content (AvgIpc) is 2.91. The molecule has 2 aromatic heterocycles. The Bertz CT molecular complexity index is 816. The van der Waals surface area contributed by atoms with Crippen molar-refractivity contribution in [1.82, 2.24) is 14.9 Å². The monoisotopic (exact) mass is 367 g/mol. The van der Waals surface area contributed by atoms with Gasteiger partial charge in [0.15, 0.2) is 6.61 Å². The zero-order valence-corrected chi connectivity index (χ0v) is 14.4. The molecule has 3 rings (SSSR count). The van der Waals surface area contributed by atoms with Crippen molar-refractivity contribution in [3.63, 3.8) is 0 Å². The maximum Gasteiger partial charge on any atom is 0.272 e. The summed E-state index contributed by atoms with van der Waals surface area (Å²) in [5, 5.41) is 0.325. The number of ether oxygens (including phenoxy) is 1. The van der Waals surface area contributed by atoms with Crippen LogP contribution in [0.5, 0.6) is 5.88 Å². The number of rotatable bonds is 5. The van der Waals surface area contributed by atoms with Gasteiger partial charge in [0.05, 0.1) is 12.6 Å². The molecule has 2 aromatic rings. The number of pyridine rings is 2. The molecular weight excluding hydrogens is 352 g/mol. The normalized spacial score (nSPS) is 14.8. The number of alkyl halides is 2. The number of nitrogens with zero attached hydrogens (tertiary/aromatic N) is 3. The lowest BCUT2D eigenvalue weighted by Crippen LogP contribution is -2.27. The molecule has 0 spiro atoms. The van der Waals surface area contributed by atoms with Gasteiger partial charge >= 0.3 is 0 Å². The molecule has 1 amide bonds. The van der Waals surface area contributed by atoms with Crippen LogP contribution in [0.3, 0.4) is 0 Å². The second kappa shape index (κ2) is 6.92. The first kappa shape index (κ1) is 17.5. The van der Waals surface area contributed by atoms with Crippen LogP contribution < -0.4 is 4.74 Å². The van der Waals surface area contributed by atoms with E-state index < -0.39 is 13.0 Å². The van der Waals surface area contributed by atoms with E-state index >= 15 is 0 Å². The lowest BCUT2D eigenvalue weighted by molar-refractivity contribution is 0.0713. The maximum atomic E-state index is 12.6. The van der Waals surface area contributed by atoms with Gasteiger partial charge in [-0.25, -0.2) is 18.7 Å². The van der Waals surface area contributed by atoms with Gasteiger partial charge in [0.2, 0.25) is 5.88 Å². The molecule has 0 bridgehead atoms. The first-order valence-corrected chi connectivity index (χ1v) is 8.08. The SMILES string of the molecule is Cc1cc(C(C)N2Cc3c(ccnc3Cl)C2=O)cnc1OCC(F)F. The van der Waals surface area contributed by atoms with Crippen LogP contribution in [-0.2, 0) is 6.54 Å². The van der Waals surface area contributed by atoms with Crippen molar-refractivity contribution < 1.29 is 18.3 Å². The van der Waals surface area contributed by atoms with Crippen molar-refractivity contribution in [3.8, 4) is 5.88 Å². The molecule has 3 heterocycles.